The van der Waals surface area contributed by atoms with E-state index < -0.39 is 0 Å². The number of nitrogen functional groups attached to an aromatic ring is 1. The maximum absolute atomic E-state index is 6.03. The number of aryl methyl sites for hydroxylation is 1. The molecule has 0 unspecified atom stereocenters. The monoisotopic (exact) mass is 410 g/mol. The van der Waals surface area contributed by atoms with Gasteiger partial charge in [-0.25, -0.2) is 15.0 Å². The first-order valence-electron chi connectivity index (χ1n) is 9.02. The third-order valence-corrected chi connectivity index (χ3v) is 5.63. The zero-order valence-corrected chi connectivity index (χ0v) is 16.1. The summed E-state index contributed by atoms with van der Waals surface area (Å²) in [6.45, 7) is 1.44. The van der Waals surface area contributed by atoms with Gasteiger partial charge in [-0.15, -0.1) is 0 Å². The molecular formula is C18H18N8O2S. The normalized spacial score (nSPS) is 12.7. The second-order valence-electron chi connectivity index (χ2n) is 6.39. The Bertz CT molecular complexity index is 1170. The predicted octanol–water partition coefficient (Wildman–Crippen LogP) is 2.03. The summed E-state index contributed by atoms with van der Waals surface area (Å²) < 4.78 is 13.1. The van der Waals surface area contributed by atoms with Gasteiger partial charge in [-0.1, -0.05) is 11.8 Å². The molecule has 1 aromatic carbocycles. The number of aromatic nitrogens is 6. The summed E-state index contributed by atoms with van der Waals surface area (Å²) >= 11 is 1.49. The lowest BCUT2D eigenvalue weighted by Crippen LogP contribution is -2.07. The van der Waals surface area contributed by atoms with Crippen molar-refractivity contribution in [2.75, 3.05) is 19.1 Å². The number of anilines is 1. The van der Waals surface area contributed by atoms with E-state index in [4.69, 9.17) is 25.9 Å². The molecule has 148 valence electrons. The van der Waals surface area contributed by atoms with Gasteiger partial charge in [-0.05, 0) is 31.2 Å². The van der Waals surface area contributed by atoms with E-state index in [1.807, 2.05) is 22.8 Å². The summed E-state index contributed by atoms with van der Waals surface area (Å²) in [6.07, 6.45) is 3.95. The van der Waals surface area contributed by atoms with Crippen LogP contribution in [-0.4, -0.2) is 43.1 Å². The van der Waals surface area contributed by atoms with Gasteiger partial charge >= 0.3 is 0 Å². The molecule has 1 aliphatic rings. The average molecular weight is 410 g/mol. The van der Waals surface area contributed by atoms with Crippen LogP contribution >= 0.6 is 11.8 Å². The molecule has 3 aromatic heterocycles. The summed E-state index contributed by atoms with van der Waals surface area (Å²) in [5.41, 5.74) is 14.8. The minimum absolute atomic E-state index is 0.201. The maximum atomic E-state index is 6.03. The Kier molecular flexibility index (Phi) is 4.45. The molecule has 11 heteroatoms. The summed E-state index contributed by atoms with van der Waals surface area (Å²) in [4.78, 5) is 14.1. The topological polar surface area (TPSA) is 143 Å². The Morgan fingerprint density at radius 3 is 2.86 bits per heavy atom. The van der Waals surface area contributed by atoms with Crippen LogP contribution in [0.15, 0.2) is 40.8 Å². The van der Waals surface area contributed by atoms with Crippen molar-refractivity contribution in [3.8, 4) is 22.8 Å². The molecular weight excluding hydrogens is 392 g/mol. The van der Waals surface area contributed by atoms with Gasteiger partial charge in [0.25, 0.3) is 0 Å². The SMILES string of the molecule is NCCCn1c(Sc2cc3c(cc2-c2ccn[nH]2)OCO3)nc2c(N)ncnc21. The summed E-state index contributed by atoms with van der Waals surface area (Å²) in [5, 5.41) is 7.83. The van der Waals surface area contributed by atoms with Crippen LogP contribution in [0.25, 0.3) is 22.4 Å². The van der Waals surface area contributed by atoms with Crippen molar-refractivity contribution in [2.45, 2.75) is 23.0 Å². The first kappa shape index (κ1) is 17.8. The highest BCUT2D eigenvalue weighted by atomic mass is 32.2. The fraction of sp³-hybridized carbons (Fsp3) is 0.222. The summed E-state index contributed by atoms with van der Waals surface area (Å²) in [5.74, 6) is 1.74. The van der Waals surface area contributed by atoms with E-state index in [0.29, 0.717) is 41.6 Å². The number of fused-ring (bicyclic) bond motifs is 2. The van der Waals surface area contributed by atoms with Crippen LogP contribution in [0, 0.1) is 0 Å². The van der Waals surface area contributed by atoms with E-state index in [0.717, 1.165) is 27.7 Å². The zero-order chi connectivity index (χ0) is 19.8. The fourth-order valence-corrected chi connectivity index (χ4v) is 4.25. The van der Waals surface area contributed by atoms with Crippen molar-refractivity contribution < 1.29 is 9.47 Å². The first-order valence-corrected chi connectivity index (χ1v) is 9.84. The number of nitrogens with two attached hydrogens (primary N) is 2. The fourth-order valence-electron chi connectivity index (χ4n) is 3.19. The van der Waals surface area contributed by atoms with Gasteiger partial charge in [0.05, 0.1) is 5.69 Å². The smallest absolute Gasteiger partial charge is 0.231 e. The Hall–Kier alpha value is -3.31. The molecule has 0 aliphatic carbocycles. The number of aromatic amines is 1. The zero-order valence-electron chi connectivity index (χ0n) is 15.3. The highest BCUT2D eigenvalue weighted by molar-refractivity contribution is 7.99. The van der Waals surface area contributed by atoms with E-state index in [1.165, 1.54) is 18.1 Å². The van der Waals surface area contributed by atoms with E-state index in [9.17, 15) is 0 Å². The molecule has 0 bridgehead atoms. The minimum atomic E-state index is 0.201. The Balaban J connectivity index is 1.63. The lowest BCUT2D eigenvalue weighted by atomic mass is 10.1. The van der Waals surface area contributed by atoms with Crippen LogP contribution in [0.1, 0.15) is 6.42 Å². The molecule has 10 nitrogen and oxygen atoms in total. The van der Waals surface area contributed by atoms with E-state index in [1.54, 1.807) is 6.20 Å². The van der Waals surface area contributed by atoms with Gasteiger partial charge in [0.1, 0.15) is 6.33 Å². The van der Waals surface area contributed by atoms with Crippen molar-refractivity contribution >= 4 is 28.7 Å². The average Bonchev–Trinajstić information content (AvgIpc) is 3.46. The van der Waals surface area contributed by atoms with Crippen LogP contribution in [0.3, 0.4) is 0 Å². The molecule has 0 saturated heterocycles. The number of hydrogen-bond acceptors (Lipinski definition) is 9. The Morgan fingerprint density at radius 2 is 2.07 bits per heavy atom. The van der Waals surface area contributed by atoms with E-state index in [-0.39, 0.29) is 6.79 Å². The van der Waals surface area contributed by atoms with Crippen molar-refractivity contribution in [2.24, 2.45) is 5.73 Å². The maximum Gasteiger partial charge on any atom is 0.231 e. The third-order valence-electron chi connectivity index (χ3n) is 4.58. The number of nitrogens with one attached hydrogen (secondary N) is 1. The van der Waals surface area contributed by atoms with Crippen LogP contribution < -0.4 is 20.9 Å². The summed E-state index contributed by atoms with van der Waals surface area (Å²) in [6, 6.07) is 5.80. The van der Waals surface area contributed by atoms with Crippen LogP contribution in [0.5, 0.6) is 11.5 Å². The molecule has 1 aliphatic heterocycles. The number of nitrogens with zero attached hydrogens (tertiary/aromatic N) is 5. The van der Waals surface area contributed by atoms with Gasteiger partial charge in [0.2, 0.25) is 6.79 Å². The quantitative estimate of drug-likeness (QED) is 0.435. The first-order chi connectivity index (χ1) is 14.2. The highest BCUT2D eigenvalue weighted by Crippen LogP contribution is 2.44. The number of benzene rings is 1. The summed E-state index contributed by atoms with van der Waals surface area (Å²) in [7, 11) is 0. The van der Waals surface area contributed by atoms with Crippen molar-refractivity contribution in [1.82, 2.24) is 29.7 Å². The molecule has 0 fully saturated rings. The molecule has 29 heavy (non-hydrogen) atoms. The molecule has 0 atom stereocenters. The Labute approximate surface area is 169 Å². The molecule has 5 N–H and O–H groups in total. The van der Waals surface area contributed by atoms with E-state index >= 15 is 0 Å². The van der Waals surface area contributed by atoms with Gasteiger partial charge in [-0.3, -0.25) is 5.10 Å². The van der Waals surface area contributed by atoms with Gasteiger partial charge in [0.15, 0.2) is 33.6 Å². The second-order valence-corrected chi connectivity index (χ2v) is 7.40. The predicted molar refractivity (Wildman–Crippen MR) is 108 cm³/mol. The molecule has 5 rings (SSSR count). The molecule has 0 saturated carbocycles. The molecule has 0 spiro atoms. The molecule has 4 heterocycles. The van der Waals surface area contributed by atoms with Crippen molar-refractivity contribution in [3.63, 3.8) is 0 Å². The van der Waals surface area contributed by atoms with Crippen molar-refractivity contribution in [3.05, 3.63) is 30.7 Å². The van der Waals surface area contributed by atoms with Gasteiger partial charge < -0.3 is 25.5 Å². The van der Waals surface area contributed by atoms with E-state index in [2.05, 4.69) is 20.2 Å². The number of imidazole rings is 1. The van der Waals surface area contributed by atoms with Gasteiger partial charge in [0, 0.05) is 23.2 Å². The lowest BCUT2D eigenvalue weighted by Gasteiger charge is -2.11. The van der Waals surface area contributed by atoms with Crippen LogP contribution in [0.2, 0.25) is 0 Å². The van der Waals surface area contributed by atoms with Crippen LogP contribution in [-0.2, 0) is 6.54 Å². The minimum Gasteiger partial charge on any atom is -0.454 e. The van der Waals surface area contributed by atoms with Gasteiger partial charge in [-0.2, -0.15) is 5.10 Å². The van der Waals surface area contributed by atoms with Crippen molar-refractivity contribution in [1.29, 1.82) is 0 Å². The standard InChI is InChI=1S/C18H18N8O2S/c19-3-1-5-26-17-15(16(20)21-8-22-17)24-18(26)29-14-7-13-12(27-9-28-13)6-10(14)11-2-4-23-25-11/h2,4,6-8H,1,3,5,9,19H2,(H,23,25)(H2,20,21,22). The second kappa shape index (κ2) is 7.26. The van der Waals surface area contributed by atoms with Crippen LogP contribution in [0.4, 0.5) is 5.82 Å². The number of ether oxygens (including phenoxy) is 2. The number of rotatable bonds is 6. The molecule has 0 radical (unpaired) electrons. The third kappa shape index (κ3) is 3.13. The number of H-pyrrole nitrogens is 1. The largest absolute Gasteiger partial charge is 0.454 e. The molecule has 0 amide bonds. The molecule has 4 aromatic rings. The lowest BCUT2D eigenvalue weighted by molar-refractivity contribution is 0.174. The Morgan fingerprint density at radius 1 is 1.21 bits per heavy atom. The number of hydrogen-bond donors (Lipinski definition) is 3. The highest BCUT2D eigenvalue weighted by Gasteiger charge is 2.22.